The first-order chi connectivity index (χ1) is 18.5. The van der Waals surface area contributed by atoms with Gasteiger partial charge in [-0.05, 0) is 44.4 Å². The zero-order valence-corrected chi connectivity index (χ0v) is 23.6. The molecule has 1 spiro atoms. The van der Waals surface area contributed by atoms with Crippen molar-refractivity contribution in [1.82, 2.24) is 10.6 Å². The maximum absolute atomic E-state index is 12.7. The van der Waals surface area contributed by atoms with Gasteiger partial charge >= 0.3 is 11.9 Å². The van der Waals surface area contributed by atoms with Gasteiger partial charge in [-0.1, -0.05) is 13.8 Å². The Kier molecular flexibility index (Phi) is 9.47. The van der Waals surface area contributed by atoms with Crippen molar-refractivity contribution in [2.24, 2.45) is 23.7 Å². The summed E-state index contributed by atoms with van der Waals surface area (Å²) in [6, 6.07) is -1.06. The van der Waals surface area contributed by atoms with Gasteiger partial charge in [0.25, 0.3) is 0 Å². The molecule has 2 bridgehead atoms. The summed E-state index contributed by atoms with van der Waals surface area (Å²) in [4.78, 5) is 59.5. The van der Waals surface area contributed by atoms with E-state index in [2.05, 4.69) is 30.2 Å². The summed E-state index contributed by atoms with van der Waals surface area (Å²) in [6.45, 7) is 6.26. The van der Waals surface area contributed by atoms with Gasteiger partial charge in [0.1, 0.15) is 6.04 Å². The van der Waals surface area contributed by atoms with Gasteiger partial charge in [0.05, 0.1) is 6.42 Å². The Labute approximate surface area is 233 Å². The van der Waals surface area contributed by atoms with E-state index < -0.39 is 47.9 Å². The van der Waals surface area contributed by atoms with Crippen molar-refractivity contribution < 1.29 is 48.3 Å². The van der Waals surface area contributed by atoms with Crippen molar-refractivity contribution in [3.8, 4) is 0 Å². The van der Waals surface area contributed by atoms with Crippen molar-refractivity contribution >= 4 is 36.4 Å². The molecule has 0 aromatic heterocycles. The van der Waals surface area contributed by atoms with Crippen LogP contribution in [0.25, 0.3) is 0 Å². The smallest absolute Gasteiger partial charge is 0.327 e. The molecule has 0 unspecified atom stereocenters. The van der Waals surface area contributed by atoms with Crippen molar-refractivity contribution in [2.75, 3.05) is 12.3 Å². The molecule has 0 aromatic rings. The summed E-state index contributed by atoms with van der Waals surface area (Å²) in [5, 5.41) is 14.0. The minimum atomic E-state index is -1.16. The maximum atomic E-state index is 12.7. The quantitative estimate of drug-likeness (QED) is 0.125. The Morgan fingerprint density at radius 1 is 1.05 bits per heavy atom. The molecule has 5 fully saturated rings. The van der Waals surface area contributed by atoms with Gasteiger partial charge < -0.3 is 30.0 Å². The van der Waals surface area contributed by atoms with Crippen LogP contribution in [0.3, 0.4) is 0 Å². The number of amides is 2. The lowest BCUT2D eigenvalue weighted by atomic mass is 9.58. The molecule has 4 heterocycles. The second-order valence-electron chi connectivity index (χ2n) is 11.4. The first kappa shape index (κ1) is 30.0. The van der Waals surface area contributed by atoms with Crippen LogP contribution in [0, 0.1) is 23.7 Å². The van der Waals surface area contributed by atoms with E-state index in [-0.39, 0.29) is 55.2 Å². The molecule has 12 nitrogen and oxygen atoms in total. The highest BCUT2D eigenvalue weighted by Crippen LogP contribution is 2.60. The number of carbonyl (C=O) groups excluding carboxylic acids is 3. The highest BCUT2D eigenvalue weighted by Gasteiger charge is 2.69. The fourth-order valence-corrected chi connectivity index (χ4v) is 6.68. The van der Waals surface area contributed by atoms with Gasteiger partial charge in [0, 0.05) is 43.4 Å². The van der Waals surface area contributed by atoms with Crippen LogP contribution in [-0.4, -0.2) is 71.2 Å². The van der Waals surface area contributed by atoms with Crippen molar-refractivity contribution in [2.45, 2.75) is 102 Å². The van der Waals surface area contributed by atoms with Crippen molar-refractivity contribution in [3.05, 3.63) is 0 Å². The highest BCUT2D eigenvalue weighted by atomic mass is 32.1. The van der Waals surface area contributed by atoms with Crippen LogP contribution in [0.1, 0.15) is 72.1 Å². The van der Waals surface area contributed by atoms with E-state index >= 15 is 0 Å². The van der Waals surface area contributed by atoms with Crippen molar-refractivity contribution in [1.29, 1.82) is 0 Å². The third-order valence-electron chi connectivity index (χ3n) is 8.62. The van der Waals surface area contributed by atoms with Gasteiger partial charge in [-0.2, -0.15) is 12.6 Å². The highest BCUT2D eigenvalue weighted by molar-refractivity contribution is 7.80. The van der Waals surface area contributed by atoms with Crippen LogP contribution in [0.4, 0.5) is 0 Å². The molecule has 3 N–H and O–H groups in total. The largest absolute Gasteiger partial charge is 0.480 e. The molecular weight excluding hydrogens is 532 g/mol. The molecule has 9 atom stereocenters. The molecule has 0 radical (unpaired) electrons. The first-order valence-corrected chi connectivity index (χ1v) is 14.4. The monoisotopic (exact) mass is 572 g/mol. The molecule has 4 saturated heterocycles. The number of aliphatic carboxylic acids is 1. The number of carboxylic acids is 1. The maximum Gasteiger partial charge on any atom is 0.327 e. The fraction of sp³-hybridized carbons (Fsp3) is 0.846. The number of carboxylic acid groups (broad SMARTS) is 1. The van der Waals surface area contributed by atoms with Gasteiger partial charge in [-0.25, -0.2) is 14.6 Å². The number of carbonyl (C=O) groups is 4. The number of nitrogens with one attached hydrogen (secondary N) is 2. The summed E-state index contributed by atoms with van der Waals surface area (Å²) in [7, 11) is 0. The molecule has 5 aliphatic rings. The van der Waals surface area contributed by atoms with Gasteiger partial charge in [0.2, 0.25) is 23.9 Å². The van der Waals surface area contributed by atoms with Crippen LogP contribution < -0.4 is 10.6 Å². The van der Waals surface area contributed by atoms with E-state index in [1.54, 1.807) is 0 Å². The zero-order valence-electron chi connectivity index (χ0n) is 22.7. The SMILES string of the molecule is C[C@@H]1[C@H](OC(=O)CCC(=O)NCCCC(=O)N[C@@H](CS)C(=O)O)O[C@H]2O[C@]3(C)CC[C@H]4[C@H](C)CC[C@@H]1[C@@]24OO3. The summed E-state index contributed by atoms with van der Waals surface area (Å²) < 4.78 is 18.2. The third kappa shape index (κ3) is 6.37. The Morgan fingerprint density at radius 2 is 1.82 bits per heavy atom. The van der Waals surface area contributed by atoms with Crippen LogP contribution in [0.2, 0.25) is 0 Å². The summed E-state index contributed by atoms with van der Waals surface area (Å²) in [6.07, 6.45) is 2.13. The Bertz CT molecular complexity index is 952. The van der Waals surface area contributed by atoms with E-state index in [0.717, 1.165) is 19.3 Å². The summed E-state index contributed by atoms with van der Waals surface area (Å²) in [5.41, 5.74) is -0.742. The number of esters is 1. The zero-order chi connectivity index (χ0) is 28.4. The summed E-state index contributed by atoms with van der Waals surface area (Å²) >= 11 is 3.89. The lowest BCUT2D eigenvalue weighted by Gasteiger charge is -2.59. The van der Waals surface area contributed by atoms with Gasteiger partial charge in [-0.15, -0.1) is 0 Å². The minimum absolute atomic E-state index is 0.0188. The second kappa shape index (κ2) is 12.3. The van der Waals surface area contributed by atoms with Crippen LogP contribution in [0.5, 0.6) is 0 Å². The van der Waals surface area contributed by atoms with Gasteiger partial charge in [0.15, 0.2) is 11.9 Å². The predicted molar refractivity (Wildman–Crippen MR) is 138 cm³/mol. The lowest BCUT2D eigenvalue weighted by molar-refractivity contribution is -0.576. The molecule has 13 heteroatoms. The van der Waals surface area contributed by atoms with E-state index in [1.807, 2.05) is 13.8 Å². The van der Waals surface area contributed by atoms with Crippen LogP contribution in [0.15, 0.2) is 0 Å². The number of thiol groups is 1. The van der Waals surface area contributed by atoms with E-state index in [1.165, 1.54) is 0 Å². The molecule has 0 aromatic carbocycles. The molecule has 5 rings (SSSR count). The number of fused-ring (bicyclic) bond motifs is 2. The second-order valence-corrected chi connectivity index (χ2v) is 11.7. The normalized spacial score (nSPS) is 37.6. The molecule has 4 aliphatic heterocycles. The van der Waals surface area contributed by atoms with Crippen molar-refractivity contribution in [3.63, 3.8) is 0 Å². The van der Waals surface area contributed by atoms with Crippen LogP contribution >= 0.6 is 12.6 Å². The molecule has 2 amide bonds. The standard InChI is InChI=1S/C26H40N2O10S/c1-14-6-7-17-15(2)23(35-24-26(17)16(14)10-11-25(3,36-24)37-38-26)34-21(31)9-8-19(29)27-12-4-5-20(30)28-18(13-39)22(32)33/h14-18,23-24,39H,4-13H2,1-3H3,(H,27,29)(H,28,30)(H,32,33)/t14-,15+,16+,17+,18+,23-,24+,25+,26-/m1/s1. The Hall–Kier alpha value is -1.93. The topological polar surface area (TPSA) is 159 Å². The average molecular weight is 573 g/mol. The Balaban J connectivity index is 1.23. The van der Waals surface area contributed by atoms with Gasteiger partial charge in [-0.3, -0.25) is 14.4 Å². The fourth-order valence-electron chi connectivity index (χ4n) is 6.43. The van der Waals surface area contributed by atoms with E-state index in [4.69, 9.17) is 29.1 Å². The first-order valence-electron chi connectivity index (χ1n) is 13.8. The number of rotatable bonds is 11. The molecule has 39 heavy (non-hydrogen) atoms. The average Bonchev–Trinajstić information content (AvgIpc) is 3.12. The number of ether oxygens (including phenoxy) is 3. The molecule has 220 valence electrons. The predicted octanol–water partition coefficient (Wildman–Crippen LogP) is 1.91. The van der Waals surface area contributed by atoms with Crippen LogP contribution in [-0.2, 0) is 43.2 Å². The third-order valence-corrected chi connectivity index (χ3v) is 8.98. The minimum Gasteiger partial charge on any atom is -0.480 e. The van der Waals surface area contributed by atoms with E-state index in [0.29, 0.717) is 18.8 Å². The molecule has 1 aliphatic carbocycles. The van der Waals surface area contributed by atoms with E-state index in [9.17, 15) is 19.2 Å². The number of hydrogen-bond acceptors (Lipinski definition) is 10. The molecule has 1 saturated carbocycles. The summed E-state index contributed by atoms with van der Waals surface area (Å²) in [5.74, 6) is -2.93. The number of hydrogen-bond donors (Lipinski definition) is 4. The Morgan fingerprint density at radius 3 is 2.54 bits per heavy atom. The lowest BCUT2D eigenvalue weighted by Crippen LogP contribution is -2.70. The molecular formula is C26H40N2O10S.